The van der Waals surface area contributed by atoms with Crippen LogP contribution in [0.25, 0.3) is 11.3 Å². The van der Waals surface area contributed by atoms with Gasteiger partial charge in [0.1, 0.15) is 5.15 Å². The molecule has 6 nitrogen and oxygen atoms in total. The highest BCUT2D eigenvalue weighted by molar-refractivity contribution is 7.14. The lowest BCUT2D eigenvalue weighted by molar-refractivity contribution is -0.123. The molecule has 28 heavy (non-hydrogen) atoms. The lowest BCUT2D eigenvalue weighted by Crippen LogP contribution is -2.30. The van der Waals surface area contributed by atoms with E-state index in [4.69, 9.17) is 16.3 Å². The topological polar surface area (TPSA) is 81.2 Å². The number of benzene rings is 1. The van der Waals surface area contributed by atoms with Crippen molar-refractivity contribution in [3.63, 3.8) is 0 Å². The molecule has 0 aliphatic rings. The van der Waals surface area contributed by atoms with E-state index in [1.807, 2.05) is 17.5 Å². The van der Waals surface area contributed by atoms with Crippen LogP contribution in [-0.2, 0) is 16.0 Å². The molecule has 1 atom stereocenters. The number of pyridine rings is 1. The van der Waals surface area contributed by atoms with E-state index in [-0.39, 0.29) is 10.7 Å². The van der Waals surface area contributed by atoms with E-state index in [1.165, 1.54) is 36.1 Å². The van der Waals surface area contributed by atoms with Crippen molar-refractivity contribution in [2.75, 3.05) is 5.32 Å². The molecule has 0 aliphatic heterocycles. The Balaban J connectivity index is 1.62. The minimum absolute atomic E-state index is 0.0266. The lowest BCUT2D eigenvalue weighted by atomic mass is 10.1. The van der Waals surface area contributed by atoms with Crippen LogP contribution in [0.3, 0.4) is 0 Å². The smallest absolute Gasteiger partial charge is 0.342 e. The summed E-state index contributed by atoms with van der Waals surface area (Å²) in [7, 11) is 0. The molecule has 1 aromatic carbocycles. The highest BCUT2D eigenvalue weighted by atomic mass is 35.5. The average Bonchev–Trinajstić information content (AvgIpc) is 3.16. The van der Waals surface area contributed by atoms with Crippen LogP contribution in [0.15, 0.2) is 48.0 Å². The summed E-state index contributed by atoms with van der Waals surface area (Å²) >= 11 is 7.17. The second-order valence-electron chi connectivity index (χ2n) is 5.97. The number of carbonyl (C=O) groups excluding carboxylic acids is 2. The Bertz CT molecular complexity index is 988. The van der Waals surface area contributed by atoms with Gasteiger partial charge in [-0.15, -0.1) is 11.3 Å². The fourth-order valence-corrected chi connectivity index (χ4v) is 3.32. The van der Waals surface area contributed by atoms with E-state index < -0.39 is 18.0 Å². The van der Waals surface area contributed by atoms with Gasteiger partial charge >= 0.3 is 5.97 Å². The first kappa shape index (κ1) is 20.0. The molecule has 3 rings (SSSR count). The van der Waals surface area contributed by atoms with Crippen LogP contribution in [-0.4, -0.2) is 27.9 Å². The lowest BCUT2D eigenvalue weighted by Gasteiger charge is -2.12. The average molecular weight is 416 g/mol. The summed E-state index contributed by atoms with van der Waals surface area (Å²) in [6.45, 7) is 3.58. The zero-order valence-corrected chi connectivity index (χ0v) is 16.9. The Morgan fingerprint density at radius 2 is 2.00 bits per heavy atom. The number of aromatic nitrogens is 2. The Labute approximate surface area is 171 Å². The van der Waals surface area contributed by atoms with Gasteiger partial charge < -0.3 is 4.74 Å². The van der Waals surface area contributed by atoms with Crippen molar-refractivity contribution >= 4 is 39.9 Å². The van der Waals surface area contributed by atoms with Crippen LogP contribution in [0.5, 0.6) is 0 Å². The van der Waals surface area contributed by atoms with Crippen molar-refractivity contribution in [2.45, 2.75) is 26.4 Å². The molecule has 0 saturated heterocycles. The van der Waals surface area contributed by atoms with Gasteiger partial charge in [0.15, 0.2) is 11.2 Å². The summed E-state index contributed by atoms with van der Waals surface area (Å²) in [6, 6.07) is 11.2. The number of aryl methyl sites for hydroxylation is 1. The van der Waals surface area contributed by atoms with Gasteiger partial charge in [-0.05, 0) is 31.0 Å². The number of hydrogen-bond donors (Lipinski definition) is 1. The summed E-state index contributed by atoms with van der Waals surface area (Å²) in [5.74, 6) is -1.19. The van der Waals surface area contributed by atoms with Gasteiger partial charge in [0.2, 0.25) is 0 Å². The highest BCUT2D eigenvalue weighted by Gasteiger charge is 2.21. The molecule has 3 aromatic rings. The molecular weight excluding hydrogens is 398 g/mol. The van der Waals surface area contributed by atoms with E-state index in [2.05, 4.69) is 34.3 Å². The SMILES string of the molecule is CCc1ccc(-c2csc(NC(=O)[C@@H](C)OC(=O)c3cccnc3Cl)n2)cc1. The van der Waals surface area contributed by atoms with Gasteiger partial charge in [-0.1, -0.05) is 42.8 Å². The predicted octanol–water partition coefficient (Wildman–Crippen LogP) is 4.60. The molecule has 1 amide bonds. The van der Waals surface area contributed by atoms with Crippen LogP contribution in [0.2, 0.25) is 5.15 Å². The highest BCUT2D eigenvalue weighted by Crippen LogP contribution is 2.25. The molecule has 0 radical (unpaired) electrons. The molecule has 0 spiro atoms. The molecule has 8 heteroatoms. The van der Waals surface area contributed by atoms with Gasteiger partial charge in [-0.25, -0.2) is 14.8 Å². The van der Waals surface area contributed by atoms with Crippen LogP contribution < -0.4 is 5.32 Å². The fraction of sp³-hybridized carbons (Fsp3) is 0.200. The monoisotopic (exact) mass is 415 g/mol. The minimum atomic E-state index is -1.01. The minimum Gasteiger partial charge on any atom is -0.449 e. The second-order valence-corrected chi connectivity index (χ2v) is 7.18. The number of ether oxygens (including phenoxy) is 1. The molecule has 2 heterocycles. The number of rotatable bonds is 6. The Morgan fingerprint density at radius 3 is 2.68 bits per heavy atom. The fourth-order valence-electron chi connectivity index (χ4n) is 2.40. The number of anilines is 1. The van der Waals surface area contributed by atoms with Crippen LogP contribution >= 0.6 is 22.9 Å². The molecule has 0 aliphatic carbocycles. The van der Waals surface area contributed by atoms with E-state index in [0.29, 0.717) is 5.13 Å². The van der Waals surface area contributed by atoms with E-state index in [9.17, 15) is 9.59 Å². The van der Waals surface area contributed by atoms with Gasteiger partial charge in [0.25, 0.3) is 5.91 Å². The van der Waals surface area contributed by atoms with Crippen molar-refractivity contribution in [1.29, 1.82) is 0 Å². The zero-order chi connectivity index (χ0) is 20.1. The number of amides is 1. The van der Waals surface area contributed by atoms with Gasteiger partial charge in [-0.2, -0.15) is 0 Å². The maximum Gasteiger partial charge on any atom is 0.342 e. The molecular formula is C20H18ClN3O3S. The van der Waals surface area contributed by atoms with Gasteiger partial charge in [0, 0.05) is 17.1 Å². The van der Waals surface area contributed by atoms with E-state index >= 15 is 0 Å². The number of thiazole rings is 1. The van der Waals surface area contributed by atoms with Gasteiger partial charge in [0.05, 0.1) is 11.3 Å². The summed E-state index contributed by atoms with van der Waals surface area (Å²) in [6.07, 6.45) is 1.42. The van der Waals surface area contributed by atoms with Gasteiger partial charge in [-0.3, -0.25) is 10.1 Å². The summed E-state index contributed by atoms with van der Waals surface area (Å²) < 4.78 is 5.17. The molecule has 0 saturated carbocycles. The standard InChI is InChI=1S/C20H18ClN3O3S/c1-3-13-6-8-14(9-7-13)16-11-28-20(23-16)24-18(25)12(2)27-19(26)15-5-4-10-22-17(15)21/h4-12H,3H2,1-2H3,(H,23,24,25)/t12-/m1/s1. The first-order chi connectivity index (χ1) is 13.5. The largest absolute Gasteiger partial charge is 0.449 e. The van der Waals surface area contributed by atoms with Crippen LogP contribution in [0, 0.1) is 0 Å². The van der Waals surface area contributed by atoms with Crippen molar-refractivity contribution in [2.24, 2.45) is 0 Å². The molecule has 0 unspecified atom stereocenters. The molecule has 2 aromatic heterocycles. The third-order valence-corrected chi connectivity index (χ3v) is 5.08. The number of nitrogens with one attached hydrogen (secondary N) is 1. The molecule has 0 bridgehead atoms. The quantitative estimate of drug-likeness (QED) is 0.469. The number of carbonyl (C=O) groups is 2. The van der Waals surface area contributed by atoms with E-state index in [0.717, 1.165) is 17.7 Å². The predicted molar refractivity (Wildman–Crippen MR) is 110 cm³/mol. The Hall–Kier alpha value is -2.77. The third kappa shape index (κ3) is 4.74. The summed E-state index contributed by atoms with van der Waals surface area (Å²) in [5.41, 5.74) is 3.10. The number of esters is 1. The number of nitrogens with zero attached hydrogens (tertiary/aromatic N) is 2. The van der Waals surface area contributed by atoms with Crippen molar-refractivity contribution in [1.82, 2.24) is 9.97 Å². The number of halogens is 1. The molecule has 1 N–H and O–H groups in total. The van der Waals surface area contributed by atoms with Crippen LogP contribution in [0.4, 0.5) is 5.13 Å². The van der Waals surface area contributed by atoms with E-state index in [1.54, 1.807) is 6.07 Å². The Morgan fingerprint density at radius 1 is 1.25 bits per heavy atom. The van der Waals surface area contributed by atoms with Crippen molar-refractivity contribution in [3.05, 3.63) is 64.3 Å². The normalized spacial score (nSPS) is 11.7. The maximum atomic E-state index is 12.3. The molecule has 0 fully saturated rings. The summed E-state index contributed by atoms with van der Waals surface area (Å²) in [4.78, 5) is 32.7. The first-order valence-corrected chi connectivity index (χ1v) is 9.91. The molecule has 144 valence electrons. The third-order valence-electron chi connectivity index (χ3n) is 4.02. The van der Waals surface area contributed by atoms with Crippen molar-refractivity contribution in [3.8, 4) is 11.3 Å². The first-order valence-electron chi connectivity index (χ1n) is 8.65. The Kier molecular flexibility index (Phi) is 6.38. The number of hydrogen-bond acceptors (Lipinski definition) is 6. The second kappa shape index (κ2) is 8.95. The summed E-state index contributed by atoms with van der Waals surface area (Å²) in [5, 5.41) is 4.99. The van der Waals surface area contributed by atoms with Crippen molar-refractivity contribution < 1.29 is 14.3 Å². The zero-order valence-electron chi connectivity index (χ0n) is 15.3. The maximum absolute atomic E-state index is 12.3. The van der Waals surface area contributed by atoms with Crippen LogP contribution in [0.1, 0.15) is 29.8 Å².